The third-order valence-electron chi connectivity index (χ3n) is 7.01. The number of rotatable bonds is 4. The van der Waals surface area contributed by atoms with Crippen LogP contribution in [0.2, 0.25) is 0 Å². The highest BCUT2D eigenvalue weighted by Gasteiger charge is 2.28. The summed E-state index contributed by atoms with van der Waals surface area (Å²) in [6, 6.07) is 10.3. The molecule has 3 aromatic heterocycles. The van der Waals surface area contributed by atoms with Crippen LogP contribution in [0.3, 0.4) is 0 Å². The maximum Gasteiger partial charge on any atom is 0.257 e. The molecule has 4 aromatic rings. The lowest BCUT2D eigenvalue weighted by molar-refractivity contribution is 0.0535. The normalized spacial score (nSPS) is 16.2. The van der Waals surface area contributed by atoms with E-state index in [1.807, 2.05) is 69.0 Å². The number of hydrogen-bond donors (Lipinski definition) is 0. The summed E-state index contributed by atoms with van der Waals surface area (Å²) in [5.74, 6) is -0.0343. The van der Waals surface area contributed by atoms with Crippen molar-refractivity contribution in [1.82, 2.24) is 29.1 Å². The molecule has 178 valence electrons. The summed E-state index contributed by atoms with van der Waals surface area (Å²) >= 11 is 0. The van der Waals surface area contributed by atoms with Gasteiger partial charge in [-0.25, -0.2) is 4.98 Å². The predicted molar refractivity (Wildman–Crippen MR) is 133 cm³/mol. The molecule has 0 bridgehead atoms. The molecule has 1 saturated carbocycles. The number of aryl methyl sites for hydroxylation is 2. The Morgan fingerprint density at radius 1 is 0.914 bits per heavy atom. The van der Waals surface area contributed by atoms with Crippen molar-refractivity contribution in [2.24, 2.45) is 7.05 Å². The van der Waals surface area contributed by atoms with Crippen LogP contribution in [0.15, 0.2) is 55.1 Å². The van der Waals surface area contributed by atoms with Crippen LogP contribution in [0.5, 0.6) is 0 Å². The first-order chi connectivity index (χ1) is 17.0. The number of amides is 2. The monoisotopic (exact) mass is 468 g/mol. The van der Waals surface area contributed by atoms with Crippen LogP contribution in [0.1, 0.15) is 45.2 Å². The van der Waals surface area contributed by atoms with Gasteiger partial charge in [0, 0.05) is 68.3 Å². The molecule has 2 amide bonds. The Bertz CT molecular complexity index is 1440. The number of pyridine rings is 1. The Balaban J connectivity index is 1.17. The Hall–Kier alpha value is -3.94. The number of nitrogens with zero attached hydrogens (tertiary/aromatic N) is 6. The van der Waals surface area contributed by atoms with Crippen molar-refractivity contribution >= 4 is 22.7 Å². The fourth-order valence-electron chi connectivity index (χ4n) is 4.80. The molecule has 6 rings (SSSR count). The first-order valence-corrected chi connectivity index (χ1v) is 12.1. The zero-order chi connectivity index (χ0) is 24.1. The molecule has 0 atom stereocenters. The van der Waals surface area contributed by atoms with Gasteiger partial charge in [-0.2, -0.15) is 5.10 Å². The average molecular weight is 469 g/mol. The van der Waals surface area contributed by atoms with Crippen LogP contribution >= 0.6 is 0 Å². The van der Waals surface area contributed by atoms with Crippen molar-refractivity contribution in [3.63, 3.8) is 0 Å². The summed E-state index contributed by atoms with van der Waals surface area (Å²) in [5.41, 5.74) is 5.15. The second kappa shape index (κ2) is 8.37. The summed E-state index contributed by atoms with van der Waals surface area (Å²) in [6.07, 6.45) is 9.82. The lowest BCUT2D eigenvalue weighted by Gasteiger charge is -2.34. The summed E-state index contributed by atoms with van der Waals surface area (Å²) in [6.45, 7) is 4.12. The van der Waals surface area contributed by atoms with Crippen LogP contribution in [-0.4, -0.2) is 67.1 Å². The van der Waals surface area contributed by atoms with Crippen LogP contribution in [-0.2, 0) is 7.05 Å². The number of piperazine rings is 1. The minimum atomic E-state index is -0.0230. The number of carbonyl (C=O) groups is 2. The van der Waals surface area contributed by atoms with Gasteiger partial charge in [-0.05, 0) is 49.6 Å². The maximum atomic E-state index is 13.3. The Kier molecular flexibility index (Phi) is 5.16. The molecule has 0 N–H and O–H groups in total. The van der Waals surface area contributed by atoms with Crippen LogP contribution in [0.4, 0.5) is 0 Å². The highest BCUT2D eigenvalue weighted by Crippen LogP contribution is 2.34. The van der Waals surface area contributed by atoms with Crippen molar-refractivity contribution in [2.45, 2.75) is 25.8 Å². The smallest absolute Gasteiger partial charge is 0.257 e. The predicted octanol–water partition coefficient (Wildman–Crippen LogP) is 3.68. The Labute approximate surface area is 203 Å². The zero-order valence-corrected chi connectivity index (χ0v) is 20.0. The van der Waals surface area contributed by atoms with Crippen LogP contribution in [0, 0.1) is 6.92 Å². The van der Waals surface area contributed by atoms with Crippen molar-refractivity contribution in [1.29, 1.82) is 0 Å². The van der Waals surface area contributed by atoms with E-state index in [1.54, 1.807) is 6.20 Å². The molecule has 35 heavy (non-hydrogen) atoms. The average Bonchev–Trinajstić information content (AvgIpc) is 3.44. The number of aromatic nitrogens is 4. The molecule has 0 spiro atoms. The fraction of sp³-hybridized carbons (Fsp3) is 0.333. The Morgan fingerprint density at radius 2 is 1.63 bits per heavy atom. The Morgan fingerprint density at radius 3 is 2.29 bits per heavy atom. The van der Waals surface area contributed by atoms with E-state index in [0.29, 0.717) is 43.3 Å². The topological polar surface area (TPSA) is 76.3 Å². The van der Waals surface area contributed by atoms with E-state index in [-0.39, 0.29) is 11.8 Å². The van der Waals surface area contributed by atoms with Gasteiger partial charge in [-0.1, -0.05) is 6.07 Å². The molecule has 8 heteroatoms. The summed E-state index contributed by atoms with van der Waals surface area (Å²) in [4.78, 5) is 34.7. The van der Waals surface area contributed by atoms with E-state index in [2.05, 4.69) is 18.1 Å². The number of carbonyl (C=O) groups excluding carboxylic acids is 2. The van der Waals surface area contributed by atoms with E-state index < -0.39 is 0 Å². The van der Waals surface area contributed by atoms with Gasteiger partial charge in [0.25, 0.3) is 11.8 Å². The third kappa shape index (κ3) is 4.09. The summed E-state index contributed by atoms with van der Waals surface area (Å²) < 4.78 is 3.89. The van der Waals surface area contributed by atoms with Gasteiger partial charge in [-0.15, -0.1) is 0 Å². The number of benzene rings is 1. The van der Waals surface area contributed by atoms with Crippen LogP contribution < -0.4 is 0 Å². The largest absolute Gasteiger partial charge is 0.357 e. The molecule has 1 saturated heterocycles. The van der Waals surface area contributed by atoms with Gasteiger partial charge in [0.15, 0.2) is 0 Å². The standard InChI is InChI=1S/C27H28N6O2/c1-18-13-24(20-7-8-30(2)16-20)29-25-14-19(3-6-23(18)25)26(34)31-9-11-32(12-10-31)27(35)21-15-28-33(17-21)22-4-5-22/h3,6-8,13-17,22H,4-5,9-12H2,1-2H3. The quantitative estimate of drug-likeness (QED) is 0.458. The molecule has 8 nitrogen and oxygen atoms in total. The fourth-order valence-corrected chi connectivity index (χ4v) is 4.80. The van der Waals surface area contributed by atoms with Gasteiger partial charge in [0.1, 0.15) is 0 Å². The molecule has 0 unspecified atom stereocenters. The number of hydrogen-bond acceptors (Lipinski definition) is 4. The first kappa shape index (κ1) is 21.6. The molecule has 1 aromatic carbocycles. The van der Waals surface area contributed by atoms with Crippen LogP contribution in [0.25, 0.3) is 22.2 Å². The molecule has 4 heterocycles. The molecular formula is C27H28N6O2. The molecule has 1 aliphatic carbocycles. The van der Waals surface area contributed by atoms with Gasteiger partial charge in [0.2, 0.25) is 0 Å². The van der Waals surface area contributed by atoms with Crippen molar-refractivity contribution in [3.8, 4) is 11.3 Å². The SMILES string of the molecule is Cc1cc(-c2ccn(C)c2)nc2cc(C(=O)N3CCN(C(=O)c4cnn(C5CC5)c4)CC3)ccc12. The van der Waals surface area contributed by atoms with Gasteiger partial charge >= 0.3 is 0 Å². The van der Waals surface area contributed by atoms with Crippen molar-refractivity contribution in [2.75, 3.05) is 26.2 Å². The van der Waals surface area contributed by atoms with E-state index in [1.165, 1.54) is 0 Å². The lowest BCUT2D eigenvalue weighted by atomic mass is 10.0. The third-order valence-corrected chi connectivity index (χ3v) is 7.01. The minimum Gasteiger partial charge on any atom is -0.357 e. The van der Waals surface area contributed by atoms with E-state index in [4.69, 9.17) is 4.98 Å². The van der Waals surface area contributed by atoms with Crippen molar-refractivity contribution in [3.05, 3.63) is 71.8 Å². The highest BCUT2D eigenvalue weighted by molar-refractivity contribution is 5.99. The van der Waals surface area contributed by atoms with Crippen molar-refractivity contribution < 1.29 is 9.59 Å². The second-order valence-electron chi connectivity index (χ2n) is 9.65. The molecule has 2 fully saturated rings. The lowest BCUT2D eigenvalue weighted by Crippen LogP contribution is -2.50. The van der Waals surface area contributed by atoms with Gasteiger partial charge in [0.05, 0.1) is 29.0 Å². The van der Waals surface area contributed by atoms with E-state index in [0.717, 1.165) is 40.6 Å². The molecule has 1 aliphatic heterocycles. The maximum absolute atomic E-state index is 13.3. The van der Waals surface area contributed by atoms with E-state index >= 15 is 0 Å². The summed E-state index contributed by atoms with van der Waals surface area (Å²) in [7, 11) is 1.99. The molecular weight excluding hydrogens is 440 g/mol. The minimum absolute atomic E-state index is 0.0113. The molecule has 2 aliphatic rings. The zero-order valence-electron chi connectivity index (χ0n) is 20.0. The highest BCUT2D eigenvalue weighted by atomic mass is 16.2. The summed E-state index contributed by atoms with van der Waals surface area (Å²) in [5, 5.41) is 5.38. The van der Waals surface area contributed by atoms with E-state index in [9.17, 15) is 9.59 Å². The molecule has 0 radical (unpaired) electrons. The first-order valence-electron chi connectivity index (χ1n) is 12.1. The second-order valence-corrected chi connectivity index (χ2v) is 9.65. The van der Waals surface area contributed by atoms with Gasteiger partial charge < -0.3 is 14.4 Å². The van der Waals surface area contributed by atoms with Gasteiger partial charge in [-0.3, -0.25) is 14.3 Å². The number of fused-ring (bicyclic) bond motifs is 1.